The summed E-state index contributed by atoms with van der Waals surface area (Å²) in [5.74, 6) is -1.13. The van der Waals surface area contributed by atoms with Crippen molar-refractivity contribution in [2.45, 2.75) is 25.0 Å². The number of nitrogens with two attached hydrogens (primary N) is 1. The quantitative estimate of drug-likeness (QED) is 0.153. The van der Waals surface area contributed by atoms with Crippen LogP contribution in [-0.4, -0.2) is 40.7 Å². The number of imide groups is 1. The second-order valence-corrected chi connectivity index (χ2v) is 9.53. The molecule has 1 atom stereocenters. The maximum absolute atomic E-state index is 14.3. The molecule has 5 rings (SSSR count). The van der Waals surface area contributed by atoms with Gasteiger partial charge in [-0.1, -0.05) is 84.9 Å². The smallest absolute Gasteiger partial charge is 0.328 e. The number of carbonyl (C=O) groups is 3. The molecule has 3 amide bonds. The van der Waals surface area contributed by atoms with E-state index in [1.165, 1.54) is 16.9 Å². The molecular formula is C31H28N4O4. The van der Waals surface area contributed by atoms with E-state index in [0.29, 0.717) is 11.1 Å². The van der Waals surface area contributed by atoms with E-state index in [0.717, 1.165) is 21.9 Å². The van der Waals surface area contributed by atoms with Crippen LogP contribution in [0.4, 0.5) is 4.79 Å². The van der Waals surface area contributed by atoms with Crippen LogP contribution in [0, 0.1) is 5.41 Å². The van der Waals surface area contributed by atoms with Gasteiger partial charge in [-0.05, 0) is 39.6 Å². The zero-order chi connectivity index (χ0) is 27.6. The fourth-order valence-electron chi connectivity index (χ4n) is 5.13. The van der Waals surface area contributed by atoms with Gasteiger partial charge in [0, 0.05) is 12.1 Å². The van der Waals surface area contributed by atoms with Crippen LogP contribution in [0.2, 0.25) is 0 Å². The van der Waals surface area contributed by atoms with Crippen molar-refractivity contribution in [3.05, 3.63) is 119 Å². The largest absolute Gasteiger partial charge is 0.469 e. The molecule has 0 bridgehead atoms. The molecule has 1 heterocycles. The fraction of sp³-hybridized carbons (Fsp3) is 0.161. The van der Waals surface area contributed by atoms with E-state index in [1.807, 2.05) is 66.7 Å². The van der Waals surface area contributed by atoms with Crippen molar-refractivity contribution in [2.75, 3.05) is 7.11 Å². The van der Waals surface area contributed by atoms with Gasteiger partial charge in [0.2, 0.25) is 0 Å². The van der Waals surface area contributed by atoms with Gasteiger partial charge in [0.05, 0.1) is 20.1 Å². The van der Waals surface area contributed by atoms with Crippen LogP contribution in [0.5, 0.6) is 0 Å². The standard InChI is InChI=1S/C31H28N4O4/c1-39-27(36)18-31(26-10-6-3-7-11-26)29(37)34(30(38)35(31)20-21-8-4-2-5-9-21)19-22-12-13-23-14-15-24(28(32)33)17-25(23)16-22/h2-17H,18-20H2,1H3,(H3,32,33). The molecule has 0 radical (unpaired) electrons. The summed E-state index contributed by atoms with van der Waals surface area (Å²) in [5, 5.41) is 9.53. The van der Waals surface area contributed by atoms with Crippen molar-refractivity contribution in [2.24, 2.45) is 5.73 Å². The zero-order valence-electron chi connectivity index (χ0n) is 21.5. The second kappa shape index (κ2) is 10.4. The molecular weight excluding hydrogens is 492 g/mol. The number of nitrogen functional groups attached to an aromatic ring is 1. The Morgan fingerprint density at radius 2 is 1.51 bits per heavy atom. The molecule has 1 fully saturated rings. The Morgan fingerprint density at radius 3 is 2.18 bits per heavy atom. The SMILES string of the molecule is COC(=O)CC1(c2ccccc2)C(=O)N(Cc2ccc3ccc(C(=N)N)cc3c2)C(=O)N1Cc1ccccc1. The normalized spacial score (nSPS) is 17.1. The number of benzene rings is 4. The number of methoxy groups -OCH3 is 1. The Bertz CT molecular complexity index is 1570. The molecule has 1 aliphatic heterocycles. The van der Waals surface area contributed by atoms with Gasteiger partial charge >= 0.3 is 12.0 Å². The van der Waals surface area contributed by atoms with Gasteiger partial charge in [-0.3, -0.25) is 19.9 Å². The first-order valence-electron chi connectivity index (χ1n) is 12.5. The second-order valence-electron chi connectivity index (χ2n) is 9.53. The molecule has 196 valence electrons. The molecule has 4 aromatic carbocycles. The summed E-state index contributed by atoms with van der Waals surface area (Å²) in [7, 11) is 1.27. The first kappa shape index (κ1) is 25.7. The summed E-state index contributed by atoms with van der Waals surface area (Å²) in [6.07, 6.45) is -0.318. The van der Waals surface area contributed by atoms with Crippen LogP contribution in [0.3, 0.4) is 0 Å². The monoisotopic (exact) mass is 520 g/mol. The third kappa shape index (κ3) is 4.72. The Kier molecular flexibility index (Phi) is 6.85. The van der Waals surface area contributed by atoms with Crippen LogP contribution < -0.4 is 5.73 Å². The van der Waals surface area contributed by atoms with E-state index in [4.69, 9.17) is 15.9 Å². The van der Waals surface area contributed by atoms with Crippen molar-refractivity contribution in [3.63, 3.8) is 0 Å². The molecule has 39 heavy (non-hydrogen) atoms. The summed E-state index contributed by atoms with van der Waals surface area (Å²) >= 11 is 0. The molecule has 1 saturated heterocycles. The van der Waals surface area contributed by atoms with E-state index in [2.05, 4.69) is 0 Å². The average molecular weight is 521 g/mol. The van der Waals surface area contributed by atoms with Crippen LogP contribution in [0.15, 0.2) is 97.1 Å². The van der Waals surface area contributed by atoms with Gasteiger partial charge in [0.25, 0.3) is 5.91 Å². The highest BCUT2D eigenvalue weighted by Gasteiger charge is 2.59. The van der Waals surface area contributed by atoms with Gasteiger partial charge in [0.1, 0.15) is 5.84 Å². The Balaban J connectivity index is 1.60. The molecule has 1 unspecified atom stereocenters. The minimum atomic E-state index is -1.57. The van der Waals surface area contributed by atoms with Gasteiger partial charge < -0.3 is 15.4 Å². The number of amidine groups is 1. The number of esters is 1. The molecule has 4 aromatic rings. The fourth-order valence-corrected chi connectivity index (χ4v) is 5.13. The van der Waals surface area contributed by atoms with Gasteiger partial charge in [0.15, 0.2) is 5.54 Å². The Morgan fingerprint density at radius 1 is 0.846 bits per heavy atom. The zero-order valence-corrected chi connectivity index (χ0v) is 21.5. The third-order valence-corrected chi connectivity index (χ3v) is 7.14. The summed E-state index contributed by atoms with van der Waals surface area (Å²) in [6, 6.07) is 28.9. The third-order valence-electron chi connectivity index (χ3n) is 7.14. The van der Waals surface area contributed by atoms with Crippen molar-refractivity contribution in [3.8, 4) is 0 Å². The Labute approximate surface area is 226 Å². The highest BCUT2D eigenvalue weighted by Crippen LogP contribution is 2.42. The number of amides is 3. The van der Waals surface area contributed by atoms with Gasteiger partial charge in [-0.25, -0.2) is 4.79 Å². The van der Waals surface area contributed by atoms with Crippen LogP contribution in [-0.2, 0) is 33.0 Å². The average Bonchev–Trinajstić information content (AvgIpc) is 3.15. The maximum atomic E-state index is 14.3. The lowest BCUT2D eigenvalue weighted by Gasteiger charge is -2.35. The first-order valence-corrected chi connectivity index (χ1v) is 12.5. The van der Waals surface area contributed by atoms with Gasteiger partial charge in [-0.15, -0.1) is 0 Å². The van der Waals surface area contributed by atoms with E-state index in [9.17, 15) is 14.4 Å². The van der Waals surface area contributed by atoms with Crippen LogP contribution in [0.1, 0.15) is 28.7 Å². The maximum Gasteiger partial charge on any atom is 0.328 e. The first-order chi connectivity index (χ1) is 18.8. The molecule has 0 spiro atoms. The molecule has 1 aliphatic rings. The number of hydrogen-bond donors (Lipinski definition) is 2. The lowest BCUT2D eigenvalue weighted by Crippen LogP contribution is -2.48. The van der Waals surface area contributed by atoms with E-state index >= 15 is 0 Å². The lowest BCUT2D eigenvalue weighted by atomic mass is 9.84. The van der Waals surface area contributed by atoms with E-state index in [1.54, 1.807) is 30.3 Å². The number of urea groups is 1. The molecule has 8 heteroatoms. The molecule has 3 N–H and O–H groups in total. The van der Waals surface area contributed by atoms with Crippen molar-refractivity contribution < 1.29 is 19.1 Å². The number of fused-ring (bicyclic) bond motifs is 1. The lowest BCUT2D eigenvalue weighted by molar-refractivity contribution is -0.148. The molecule has 0 aliphatic carbocycles. The number of rotatable bonds is 8. The van der Waals surface area contributed by atoms with Crippen molar-refractivity contribution >= 4 is 34.5 Å². The van der Waals surface area contributed by atoms with Crippen LogP contribution in [0.25, 0.3) is 10.8 Å². The number of ether oxygens (including phenoxy) is 1. The summed E-state index contributed by atoms with van der Waals surface area (Å²) < 4.78 is 5.00. The highest BCUT2D eigenvalue weighted by molar-refractivity contribution is 6.09. The predicted octanol–water partition coefficient (Wildman–Crippen LogP) is 4.55. The molecule has 0 saturated carbocycles. The highest BCUT2D eigenvalue weighted by atomic mass is 16.5. The summed E-state index contributed by atoms with van der Waals surface area (Å²) in [4.78, 5) is 43.8. The van der Waals surface area contributed by atoms with E-state index in [-0.39, 0.29) is 25.3 Å². The van der Waals surface area contributed by atoms with Gasteiger partial charge in [-0.2, -0.15) is 0 Å². The van der Waals surface area contributed by atoms with Crippen molar-refractivity contribution in [1.29, 1.82) is 5.41 Å². The van der Waals surface area contributed by atoms with E-state index < -0.39 is 23.4 Å². The number of hydrogen-bond acceptors (Lipinski definition) is 5. The summed E-state index contributed by atoms with van der Waals surface area (Å²) in [5.41, 5.74) is 6.78. The minimum Gasteiger partial charge on any atom is -0.469 e. The molecule has 8 nitrogen and oxygen atoms in total. The predicted molar refractivity (Wildman–Crippen MR) is 148 cm³/mol. The number of carbonyl (C=O) groups excluding carboxylic acids is 3. The molecule has 0 aromatic heterocycles. The minimum absolute atomic E-state index is 0.0128. The topological polar surface area (TPSA) is 117 Å². The van der Waals surface area contributed by atoms with Crippen LogP contribution >= 0.6 is 0 Å². The number of nitrogens with zero attached hydrogens (tertiary/aromatic N) is 2. The van der Waals surface area contributed by atoms with Crippen molar-refractivity contribution in [1.82, 2.24) is 9.80 Å². The number of nitrogens with one attached hydrogen (secondary N) is 1. The summed E-state index contributed by atoms with van der Waals surface area (Å²) in [6.45, 7) is 0.145. The Hall–Kier alpha value is -4.98.